The number of hydrogen-bond acceptors (Lipinski definition) is 2. The van der Waals surface area contributed by atoms with Crippen LogP contribution in [0.5, 0.6) is 0 Å². The lowest BCUT2D eigenvalue weighted by molar-refractivity contribution is 0.156. The maximum atomic E-state index is 6.84. The van der Waals surface area contributed by atoms with E-state index < -0.39 is 0 Å². The highest BCUT2D eigenvalue weighted by Gasteiger charge is 2.60. The van der Waals surface area contributed by atoms with Gasteiger partial charge in [0.05, 0.1) is 6.20 Å². The van der Waals surface area contributed by atoms with Crippen molar-refractivity contribution in [2.75, 3.05) is 0 Å². The van der Waals surface area contributed by atoms with Gasteiger partial charge in [-0.25, -0.2) is 0 Å². The Morgan fingerprint density at radius 3 is 3.06 bits per heavy atom. The van der Waals surface area contributed by atoms with Crippen LogP contribution in [0.3, 0.4) is 0 Å². The first kappa shape index (κ1) is 11.0. The van der Waals surface area contributed by atoms with Crippen LogP contribution in [0.2, 0.25) is 0 Å². The minimum absolute atomic E-state index is 0.0659. The van der Waals surface area contributed by atoms with Crippen LogP contribution in [0.15, 0.2) is 12.4 Å². The first-order chi connectivity index (χ1) is 8.72. The van der Waals surface area contributed by atoms with Crippen LogP contribution in [-0.4, -0.2) is 9.78 Å². The Hall–Kier alpha value is -0.830. The van der Waals surface area contributed by atoms with Gasteiger partial charge in [0.15, 0.2) is 0 Å². The Balaban J connectivity index is 1.68. The highest BCUT2D eigenvalue weighted by atomic mass is 15.3. The molecule has 5 atom stereocenters. The number of aryl methyl sites for hydroxylation is 1. The van der Waals surface area contributed by atoms with E-state index in [1.165, 1.54) is 37.7 Å². The van der Waals surface area contributed by atoms with Crippen LogP contribution in [0, 0.1) is 23.7 Å². The van der Waals surface area contributed by atoms with Crippen molar-refractivity contribution < 1.29 is 0 Å². The molecule has 1 aromatic rings. The van der Waals surface area contributed by atoms with Crippen molar-refractivity contribution in [1.29, 1.82) is 0 Å². The number of nitrogens with zero attached hydrogens (tertiary/aromatic N) is 2. The van der Waals surface area contributed by atoms with Gasteiger partial charge >= 0.3 is 0 Å². The Morgan fingerprint density at radius 1 is 1.44 bits per heavy atom. The predicted octanol–water partition coefficient (Wildman–Crippen LogP) is 2.51. The monoisotopic (exact) mass is 245 g/mol. The third kappa shape index (κ3) is 1.26. The molecule has 1 aromatic heterocycles. The molecule has 3 aliphatic carbocycles. The second-order valence-electron chi connectivity index (χ2n) is 6.69. The second kappa shape index (κ2) is 3.60. The van der Waals surface area contributed by atoms with Gasteiger partial charge in [0.2, 0.25) is 0 Å². The van der Waals surface area contributed by atoms with Crippen LogP contribution in [0.25, 0.3) is 0 Å². The van der Waals surface area contributed by atoms with Crippen molar-refractivity contribution >= 4 is 0 Å². The van der Waals surface area contributed by atoms with E-state index in [1.54, 1.807) is 0 Å². The normalized spacial score (nSPS) is 45.7. The van der Waals surface area contributed by atoms with Crippen molar-refractivity contribution in [2.24, 2.45) is 29.4 Å². The quantitative estimate of drug-likeness (QED) is 0.870. The molecule has 18 heavy (non-hydrogen) atoms. The third-order valence-electron chi connectivity index (χ3n) is 6.06. The molecule has 98 valence electrons. The number of fused-ring (bicyclic) bond motifs is 5. The molecular formula is C15H23N3. The highest BCUT2D eigenvalue weighted by Crippen LogP contribution is 2.64. The van der Waals surface area contributed by atoms with Gasteiger partial charge in [0.25, 0.3) is 0 Å². The highest BCUT2D eigenvalue weighted by molar-refractivity contribution is 5.26. The summed E-state index contributed by atoms with van der Waals surface area (Å²) in [6, 6.07) is 0. The number of aromatic nitrogens is 2. The summed E-state index contributed by atoms with van der Waals surface area (Å²) in [5, 5.41) is 4.43. The van der Waals surface area contributed by atoms with E-state index >= 15 is 0 Å². The molecule has 0 radical (unpaired) electrons. The van der Waals surface area contributed by atoms with Crippen molar-refractivity contribution in [3.8, 4) is 0 Å². The minimum atomic E-state index is -0.0659. The zero-order valence-electron chi connectivity index (χ0n) is 11.2. The zero-order valence-corrected chi connectivity index (χ0v) is 11.2. The van der Waals surface area contributed by atoms with Crippen molar-refractivity contribution in [2.45, 2.75) is 51.1 Å². The average Bonchev–Trinajstić information content (AvgIpc) is 3.09. The Kier molecular flexibility index (Phi) is 2.20. The molecule has 1 heterocycles. The lowest BCUT2D eigenvalue weighted by Crippen LogP contribution is -2.46. The van der Waals surface area contributed by atoms with E-state index in [4.69, 9.17) is 5.73 Å². The standard InChI is InChI=1S/C15H23N3/c1-2-18-9-11(8-17-18)15(16)7-10-6-14(15)13-5-3-4-12(10)13/h8-10,12-14H,2-7,16H2,1H3. The fraction of sp³-hybridized carbons (Fsp3) is 0.800. The van der Waals surface area contributed by atoms with Gasteiger partial charge in [0.1, 0.15) is 0 Å². The van der Waals surface area contributed by atoms with Crippen LogP contribution in [-0.2, 0) is 12.1 Å². The molecule has 2 bridgehead atoms. The second-order valence-corrected chi connectivity index (χ2v) is 6.69. The summed E-state index contributed by atoms with van der Waals surface area (Å²) < 4.78 is 2.02. The molecule has 2 N–H and O–H groups in total. The molecule has 4 rings (SSSR count). The van der Waals surface area contributed by atoms with E-state index in [9.17, 15) is 0 Å². The zero-order chi connectivity index (χ0) is 12.3. The van der Waals surface area contributed by atoms with Crippen LogP contribution in [0.1, 0.15) is 44.6 Å². The van der Waals surface area contributed by atoms with Gasteiger partial charge in [-0.2, -0.15) is 5.10 Å². The van der Waals surface area contributed by atoms with Gasteiger partial charge in [-0.1, -0.05) is 6.42 Å². The lowest BCUT2D eigenvalue weighted by atomic mass is 9.69. The summed E-state index contributed by atoms with van der Waals surface area (Å²) in [5.41, 5.74) is 8.06. The van der Waals surface area contributed by atoms with Crippen LogP contribution < -0.4 is 5.73 Å². The molecular weight excluding hydrogens is 222 g/mol. The third-order valence-corrected chi connectivity index (χ3v) is 6.06. The van der Waals surface area contributed by atoms with E-state index in [0.29, 0.717) is 0 Å². The lowest BCUT2D eigenvalue weighted by Gasteiger charge is -2.39. The number of nitrogens with two attached hydrogens (primary N) is 1. The molecule has 3 heteroatoms. The van der Waals surface area contributed by atoms with E-state index in [2.05, 4.69) is 18.2 Å². The molecule has 0 saturated heterocycles. The molecule has 0 aromatic carbocycles. The minimum Gasteiger partial charge on any atom is -0.321 e. The van der Waals surface area contributed by atoms with Gasteiger partial charge in [-0.05, 0) is 56.3 Å². The molecule has 0 aliphatic heterocycles. The predicted molar refractivity (Wildman–Crippen MR) is 70.8 cm³/mol. The fourth-order valence-electron chi connectivity index (χ4n) is 5.30. The Labute approximate surface area is 109 Å². The largest absolute Gasteiger partial charge is 0.321 e. The summed E-state index contributed by atoms with van der Waals surface area (Å²) in [4.78, 5) is 0. The molecule has 0 amide bonds. The molecule has 3 nitrogen and oxygen atoms in total. The van der Waals surface area contributed by atoms with Crippen LogP contribution in [0.4, 0.5) is 0 Å². The van der Waals surface area contributed by atoms with Gasteiger partial charge < -0.3 is 5.73 Å². The van der Waals surface area contributed by atoms with Gasteiger partial charge in [-0.3, -0.25) is 4.68 Å². The summed E-state index contributed by atoms with van der Waals surface area (Å²) >= 11 is 0. The molecule has 3 aliphatic rings. The Morgan fingerprint density at radius 2 is 2.28 bits per heavy atom. The molecule has 3 saturated carbocycles. The smallest absolute Gasteiger partial charge is 0.0540 e. The van der Waals surface area contributed by atoms with E-state index in [0.717, 1.165) is 30.2 Å². The summed E-state index contributed by atoms with van der Waals surface area (Å²) in [6.45, 7) is 3.07. The summed E-state index contributed by atoms with van der Waals surface area (Å²) in [5.74, 6) is 3.55. The van der Waals surface area contributed by atoms with Gasteiger partial charge in [-0.15, -0.1) is 0 Å². The van der Waals surface area contributed by atoms with E-state index in [1.807, 2.05) is 10.9 Å². The fourth-order valence-corrected chi connectivity index (χ4v) is 5.30. The van der Waals surface area contributed by atoms with Crippen molar-refractivity contribution in [3.63, 3.8) is 0 Å². The maximum Gasteiger partial charge on any atom is 0.0540 e. The summed E-state index contributed by atoms with van der Waals surface area (Å²) in [7, 11) is 0. The first-order valence-corrected chi connectivity index (χ1v) is 7.54. The summed E-state index contributed by atoms with van der Waals surface area (Å²) in [6.07, 6.45) is 11.1. The molecule has 3 fully saturated rings. The average molecular weight is 245 g/mol. The molecule has 0 spiro atoms. The Bertz CT molecular complexity index is 466. The number of hydrogen-bond donors (Lipinski definition) is 1. The van der Waals surface area contributed by atoms with Gasteiger partial charge in [0, 0.05) is 23.8 Å². The maximum absolute atomic E-state index is 6.84. The SMILES string of the molecule is CCn1cc(C2(N)CC3CC2C2CCCC32)cn1. The van der Waals surface area contributed by atoms with Crippen molar-refractivity contribution in [1.82, 2.24) is 9.78 Å². The first-order valence-electron chi connectivity index (χ1n) is 7.54. The van der Waals surface area contributed by atoms with E-state index in [-0.39, 0.29) is 5.54 Å². The molecule has 5 unspecified atom stereocenters. The topological polar surface area (TPSA) is 43.8 Å². The van der Waals surface area contributed by atoms with Crippen LogP contribution >= 0.6 is 0 Å². The van der Waals surface area contributed by atoms with Crippen molar-refractivity contribution in [3.05, 3.63) is 18.0 Å². The number of rotatable bonds is 2.